The lowest BCUT2D eigenvalue weighted by Gasteiger charge is -2.33. The smallest absolute Gasteiger partial charge is 0.321 e. The van der Waals surface area contributed by atoms with Crippen molar-refractivity contribution in [2.75, 3.05) is 33.2 Å². The highest BCUT2D eigenvalue weighted by Gasteiger charge is 2.22. The third kappa shape index (κ3) is 7.61. The van der Waals surface area contributed by atoms with E-state index in [9.17, 15) is 9.59 Å². The van der Waals surface area contributed by atoms with E-state index in [1.807, 2.05) is 36.4 Å². The molecule has 30 heavy (non-hydrogen) atoms. The predicted octanol–water partition coefficient (Wildman–Crippen LogP) is 2.86. The van der Waals surface area contributed by atoms with Crippen LogP contribution in [-0.4, -0.2) is 55.0 Å². The van der Waals surface area contributed by atoms with Crippen molar-refractivity contribution >= 4 is 11.9 Å². The Labute approximate surface area is 179 Å². The zero-order chi connectivity index (χ0) is 21.2. The number of urea groups is 1. The molecule has 1 saturated heterocycles. The molecule has 0 aromatic heterocycles. The van der Waals surface area contributed by atoms with Crippen molar-refractivity contribution in [3.8, 4) is 0 Å². The largest absolute Gasteiger partial charge is 0.334 e. The number of hydrogen-bond donors (Lipinski definition) is 2. The molecule has 3 rings (SSSR count). The number of piperidine rings is 1. The van der Waals surface area contributed by atoms with Gasteiger partial charge in [0.1, 0.15) is 0 Å². The molecular formula is C24H32N4O2. The second-order valence-corrected chi connectivity index (χ2v) is 8.12. The molecule has 6 heteroatoms. The topological polar surface area (TPSA) is 64.7 Å². The summed E-state index contributed by atoms with van der Waals surface area (Å²) in [5, 5.41) is 5.15. The van der Waals surface area contributed by atoms with Crippen molar-refractivity contribution < 1.29 is 9.59 Å². The number of hydrogen-bond acceptors (Lipinski definition) is 4. The van der Waals surface area contributed by atoms with Crippen LogP contribution in [0.15, 0.2) is 60.7 Å². The molecule has 0 aliphatic carbocycles. The number of carbonyl (C=O) groups is 2. The molecule has 0 atom stereocenters. The summed E-state index contributed by atoms with van der Waals surface area (Å²) in [7, 11) is 2.17. The zero-order valence-corrected chi connectivity index (χ0v) is 17.7. The number of nitrogens with one attached hydrogen (secondary N) is 2. The van der Waals surface area contributed by atoms with Crippen molar-refractivity contribution in [2.45, 2.75) is 25.9 Å². The van der Waals surface area contributed by atoms with Gasteiger partial charge in [0.15, 0.2) is 0 Å². The van der Waals surface area contributed by atoms with Crippen LogP contribution in [0.1, 0.15) is 24.0 Å². The van der Waals surface area contributed by atoms with Crippen LogP contribution < -0.4 is 10.6 Å². The van der Waals surface area contributed by atoms with Gasteiger partial charge < -0.3 is 10.2 Å². The predicted molar refractivity (Wildman–Crippen MR) is 119 cm³/mol. The minimum absolute atomic E-state index is 0.250. The molecular weight excluding hydrogens is 376 g/mol. The highest BCUT2D eigenvalue weighted by molar-refractivity contribution is 5.95. The van der Waals surface area contributed by atoms with Gasteiger partial charge in [-0.3, -0.25) is 15.0 Å². The van der Waals surface area contributed by atoms with Gasteiger partial charge in [0, 0.05) is 19.6 Å². The van der Waals surface area contributed by atoms with E-state index in [4.69, 9.17) is 0 Å². The third-order valence-corrected chi connectivity index (χ3v) is 5.49. The Morgan fingerprint density at radius 1 is 0.967 bits per heavy atom. The maximum atomic E-state index is 12.2. The highest BCUT2D eigenvalue weighted by Crippen LogP contribution is 2.18. The summed E-state index contributed by atoms with van der Waals surface area (Å²) < 4.78 is 0. The molecule has 1 heterocycles. The van der Waals surface area contributed by atoms with Gasteiger partial charge >= 0.3 is 6.03 Å². The molecule has 0 unspecified atom stereocenters. The van der Waals surface area contributed by atoms with E-state index in [-0.39, 0.29) is 12.5 Å². The molecule has 1 fully saturated rings. The van der Waals surface area contributed by atoms with Gasteiger partial charge in [-0.15, -0.1) is 0 Å². The van der Waals surface area contributed by atoms with Gasteiger partial charge in [-0.1, -0.05) is 60.7 Å². The number of rotatable bonds is 8. The molecule has 2 aromatic carbocycles. The van der Waals surface area contributed by atoms with Gasteiger partial charge in [0.2, 0.25) is 5.91 Å². The maximum absolute atomic E-state index is 12.2. The van der Waals surface area contributed by atoms with Crippen LogP contribution >= 0.6 is 0 Å². The van der Waals surface area contributed by atoms with Crippen LogP contribution in [0.5, 0.6) is 0 Å². The van der Waals surface area contributed by atoms with Crippen molar-refractivity contribution in [2.24, 2.45) is 5.92 Å². The Morgan fingerprint density at radius 2 is 1.57 bits per heavy atom. The lowest BCUT2D eigenvalue weighted by molar-refractivity contribution is -0.121. The minimum atomic E-state index is -0.443. The van der Waals surface area contributed by atoms with E-state index >= 15 is 0 Å². The summed E-state index contributed by atoms with van der Waals surface area (Å²) in [5.74, 6) is 0.396. The fraction of sp³-hybridized carbons (Fsp3) is 0.417. The standard InChI is InChI=1S/C24H32N4O2/c1-27(17-21-10-6-3-7-11-21)18-22-12-14-28(15-13-22)19-23(29)26-24(30)25-16-20-8-4-2-5-9-20/h2-11,22H,12-19H2,1H3,(H2,25,26,29,30). The van der Waals surface area contributed by atoms with E-state index in [0.29, 0.717) is 12.5 Å². The number of imide groups is 1. The average Bonchev–Trinajstić information content (AvgIpc) is 2.75. The van der Waals surface area contributed by atoms with Crippen LogP contribution in [0, 0.1) is 5.92 Å². The van der Waals surface area contributed by atoms with Crippen molar-refractivity contribution in [3.05, 3.63) is 71.8 Å². The van der Waals surface area contributed by atoms with Gasteiger partial charge in [-0.25, -0.2) is 4.79 Å². The summed E-state index contributed by atoms with van der Waals surface area (Å²) in [6.07, 6.45) is 2.15. The lowest BCUT2D eigenvalue weighted by Crippen LogP contribution is -2.46. The number of benzene rings is 2. The Kier molecular flexibility index (Phi) is 8.41. The number of amides is 3. The molecule has 1 aliphatic rings. The fourth-order valence-electron chi connectivity index (χ4n) is 3.92. The molecule has 2 N–H and O–H groups in total. The third-order valence-electron chi connectivity index (χ3n) is 5.49. The van der Waals surface area contributed by atoms with Gasteiger partial charge in [-0.2, -0.15) is 0 Å². The van der Waals surface area contributed by atoms with Crippen LogP contribution in [0.2, 0.25) is 0 Å². The van der Waals surface area contributed by atoms with Crippen LogP contribution in [0.4, 0.5) is 4.79 Å². The second kappa shape index (κ2) is 11.5. The number of likely N-dealkylation sites (tertiary alicyclic amines) is 1. The summed E-state index contributed by atoms with van der Waals surface area (Å²) in [5.41, 5.74) is 2.33. The average molecular weight is 409 g/mol. The minimum Gasteiger partial charge on any atom is -0.334 e. The maximum Gasteiger partial charge on any atom is 0.321 e. The lowest BCUT2D eigenvalue weighted by atomic mass is 9.96. The van der Waals surface area contributed by atoms with E-state index in [1.165, 1.54) is 5.56 Å². The van der Waals surface area contributed by atoms with E-state index in [2.05, 4.69) is 51.7 Å². The van der Waals surface area contributed by atoms with Gasteiger partial charge in [0.25, 0.3) is 0 Å². The van der Waals surface area contributed by atoms with Gasteiger partial charge in [-0.05, 0) is 50.0 Å². The highest BCUT2D eigenvalue weighted by atomic mass is 16.2. The van der Waals surface area contributed by atoms with E-state index in [1.54, 1.807) is 0 Å². The van der Waals surface area contributed by atoms with E-state index in [0.717, 1.165) is 44.6 Å². The second-order valence-electron chi connectivity index (χ2n) is 8.12. The Bertz CT molecular complexity index is 789. The first-order valence-corrected chi connectivity index (χ1v) is 10.6. The molecule has 160 valence electrons. The van der Waals surface area contributed by atoms with Crippen molar-refractivity contribution in [3.63, 3.8) is 0 Å². The first-order valence-electron chi connectivity index (χ1n) is 10.6. The SMILES string of the molecule is CN(Cc1ccccc1)CC1CCN(CC(=O)NC(=O)NCc2ccccc2)CC1. The first-order chi connectivity index (χ1) is 14.6. The van der Waals surface area contributed by atoms with Crippen LogP contribution in [0.25, 0.3) is 0 Å². The summed E-state index contributed by atoms with van der Waals surface area (Å²) in [6, 6.07) is 19.7. The molecule has 0 spiro atoms. The Morgan fingerprint density at radius 3 is 2.20 bits per heavy atom. The van der Waals surface area contributed by atoms with E-state index < -0.39 is 6.03 Å². The molecule has 0 bridgehead atoms. The summed E-state index contributed by atoms with van der Waals surface area (Å²) in [6.45, 7) is 4.48. The molecule has 0 saturated carbocycles. The van der Waals surface area contributed by atoms with Crippen LogP contribution in [-0.2, 0) is 17.9 Å². The molecule has 2 aromatic rings. The quantitative estimate of drug-likeness (QED) is 0.705. The normalized spacial score (nSPS) is 15.1. The van der Waals surface area contributed by atoms with Gasteiger partial charge in [0.05, 0.1) is 6.54 Å². The molecule has 0 radical (unpaired) electrons. The Hall–Kier alpha value is -2.70. The van der Waals surface area contributed by atoms with Crippen LogP contribution in [0.3, 0.4) is 0 Å². The molecule has 1 aliphatic heterocycles. The number of carbonyl (C=O) groups excluding carboxylic acids is 2. The first kappa shape index (κ1) is 22.0. The molecule has 6 nitrogen and oxygen atoms in total. The number of nitrogens with zero attached hydrogens (tertiary/aromatic N) is 2. The van der Waals surface area contributed by atoms with Crippen molar-refractivity contribution in [1.82, 2.24) is 20.4 Å². The summed E-state index contributed by atoms with van der Waals surface area (Å²) in [4.78, 5) is 28.6. The summed E-state index contributed by atoms with van der Waals surface area (Å²) >= 11 is 0. The van der Waals surface area contributed by atoms with Crippen molar-refractivity contribution in [1.29, 1.82) is 0 Å². The molecule has 3 amide bonds. The monoisotopic (exact) mass is 408 g/mol. The fourth-order valence-corrected chi connectivity index (χ4v) is 3.92. The zero-order valence-electron chi connectivity index (χ0n) is 17.7. The Balaban J connectivity index is 1.31.